The molecule has 0 rings (SSSR count). The molecule has 0 aromatic carbocycles. The molecule has 3 amide bonds. The summed E-state index contributed by atoms with van der Waals surface area (Å²) in [5.41, 5.74) is 0. The van der Waals surface area contributed by atoms with Crippen molar-refractivity contribution in [3.63, 3.8) is 0 Å². The number of rotatable bonds is 11. The van der Waals surface area contributed by atoms with Gasteiger partial charge in [0.2, 0.25) is 17.7 Å². The predicted octanol–water partition coefficient (Wildman–Crippen LogP) is -1.47. The van der Waals surface area contributed by atoms with Gasteiger partial charge < -0.3 is 26.2 Å². The van der Waals surface area contributed by atoms with Crippen LogP contribution in [-0.2, 0) is 24.0 Å². The molecule has 25 heavy (non-hydrogen) atoms. The molecule has 0 aliphatic carbocycles. The number of allylic oxidation sites excluding steroid dienone is 1. The fourth-order valence-electron chi connectivity index (χ4n) is 1.65. The van der Waals surface area contributed by atoms with Gasteiger partial charge >= 0.3 is 11.9 Å². The summed E-state index contributed by atoms with van der Waals surface area (Å²) in [6.45, 7) is 0.993. The molecular formula is C14H21N3O7S. The van der Waals surface area contributed by atoms with E-state index in [0.717, 1.165) is 6.08 Å². The highest BCUT2D eigenvalue weighted by Crippen LogP contribution is 2.00. The Hall–Kier alpha value is -2.56. The van der Waals surface area contributed by atoms with Crippen LogP contribution in [0.1, 0.15) is 19.8 Å². The van der Waals surface area contributed by atoms with Crippen LogP contribution in [0.5, 0.6) is 0 Å². The van der Waals surface area contributed by atoms with Crippen LogP contribution in [-0.4, -0.2) is 64.3 Å². The van der Waals surface area contributed by atoms with E-state index in [0.29, 0.717) is 0 Å². The van der Waals surface area contributed by atoms with Gasteiger partial charge in [-0.1, -0.05) is 6.08 Å². The van der Waals surface area contributed by atoms with E-state index in [4.69, 9.17) is 10.2 Å². The van der Waals surface area contributed by atoms with Crippen LogP contribution < -0.4 is 16.0 Å². The number of amides is 3. The predicted molar refractivity (Wildman–Crippen MR) is 90.0 cm³/mol. The maximum absolute atomic E-state index is 11.8. The Balaban J connectivity index is 4.53. The standard InChI is InChI=1S/C14H21N3O7S/c1-2-3-10(18)16-8(14(23)24)4-5-11(19)17-9(7-25)13(22)15-6-12(20)21/h2-3,8-9,25H,4-7H2,1H3,(H,15,22)(H,16,18)(H,17,19)(H,20,21)(H,23,24)/b3-2+/t8-,9-/m0/s1. The highest BCUT2D eigenvalue weighted by molar-refractivity contribution is 7.80. The third-order valence-electron chi connectivity index (χ3n) is 2.84. The van der Waals surface area contributed by atoms with Gasteiger partial charge in [0.15, 0.2) is 0 Å². The molecule has 0 unspecified atom stereocenters. The Kier molecular flexibility index (Phi) is 10.7. The summed E-state index contributed by atoms with van der Waals surface area (Å²) in [7, 11) is 0. The summed E-state index contributed by atoms with van der Waals surface area (Å²) in [5, 5.41) is 24.2. The van der Waals surface area contributed by atoms with Gasteiger partial charge in [-0.25, -0.2) is 4.79 Å². The van der Waals surface area contributed by atoms with Crippen LogP contribution in [0, 0.1) is 0 Å². The first-order chi connectivity index (χ1) is 11.7. The minimum absolute atomic E-state index is 0.0718. The van der Waals surface area contributed by atoms with E-state index in [-0.39, 0.29) is 18.6 Å². The topological polar surface area (TPSA) is 162 Å². The molecule has 11 heteroatoms. The molecule has 5 N–H and O–H groups in total. The molecule has 0 spiro atoms. The minimum Gasteiger partial charge on any atom is -0.480 e. The van der Waals surface area contributed by atoms with Gasteiger partial charge in [-0.05, 0) is 19.4 Å². The second-order valence-corrected chi connectivity index (χ2v) is 5.22. The first kappa shape index (κ1) is 22.4. The Morgan fingerprint density at radius 3 is 2.20 bits per heavy atom. The number of carboxylic acids is 2. The van der Waals surface area contributed by atoms with Crippen molar-refractivity contribution in [2.45, 2.75) is 31.8 Å². The van der Waals surface area contributed by atoms with E-state index < -0.39 is 48.3 Å². The smallest absolute Gasteiger partial charge is 0.326 e. The number of thiol groups is 1. The van der Waals surface area contributed by atoms with Crippen molar-refractivity contribution in [1.29, 1.82) is 0 Å². The first-order valence-corrected chi connectivity index (χ1v) is 7.90. The van der Waals surface area contributed by atoms with Gasteiger partial charge in [-0.15, -0.1) is 0 Å². The average Bonchev–Trinajstić information content (AvgIpc) is 2.54. The zero-order chi connectivity index (χ0) is 19.4. The number of carboxylic acid groups (broad SMARTS) is 2. The number of aliphatic carboxylic acids is 2. The molecule has 2 atom stereocenters. The molecular weight excluding hydrogens is 354 g/mol. The molecule has 0 bridgehead atoms. The second kappa shape index (κ2) is 11.9. The lowest BCUT2D eigenvalue weighted by Gasteiger charge is -2.17. The zero-order valence-corrected chi connectivity index (χ0v) is 14.4. The van der Waals surface area contributed by atoms with E-state index in [1.165, 1.54) is 6.08 Å². The number of hydrogen-bond acceptors (Lipinski definition) is 6. The molecule has 0 fully saturated rings. The van der Waals surface area contributed by atoms with Crippen LogP contribution in [0.4, 0.5) is 0 Å². The average molecular weight is 375 g/mol. The maximum Gasteiger partial charge on any atom is 0.326 e. The normalized spacial score (nSPS) is 12.9. The molecule has 0 radical (unpaired) electrons. The summed E-state index contributed by atoms with van der Waals surface area (Å²) < 4.78 is 0. The van der Waals surface area contributed by atoms with Crippen molar-refractivity contribution in [1.82, 2.24) is 16.0 Å². The monoisotopic (exact) mass is 375 g/mol. The fraction of sp³-hybridized carbons (Fsp3) is 0.500. The van der Waals surface area contributed by atoms with Gasteiger partial charge in [-0.2, -0.15) is 12.6 Å². The Bertz CT molecular complexity index is 551. The van der Waals surface area contributed by atoms with E-state index in [2.05, 4.69) is 28.6 Å². The fourth-order valence-corrected chi connectivity index (χ4v) is 1.91. The highest BCUT2D eigenvalue weighted by Gasteiger charge is 2.23. The summed E-state index contributed by atoms with van der Waals surface area (Å²) in [5.74, 6) is -4.55. The van der Waals surface area contributed by atoms with Gasteiger partial charge in [-0.3, -0.25) is 19.2 Å². The number of hydrogen-bond donors (Lipinski definition) is 6. The molecule has 0 aromatic rings. The van der Waals surface area contributed by atoms with Crippen molar-refractivity contribution in [3.05, 3.63) is 12.2 Å². The summed E-state index contributed by atoms with van der Waals surface area (Å²) in [4.78, 5) is 56.4. The second-order valence-electron chi connectivity index (χ2n) is 4.85. The molecule has 0 saturated carbocycles. The van der Waals surface area contributed by atoms with Crippen molar-refractivity contribution in [2.75, 3.05) is 12.3 Å². The minimum atomic E-state index is -1.30. The van der Waals surface area contributed by atoms with Gasteiger partial charge in [0, 0.05) is 12.2 Å². The van der Waals surface area contributed by atoms with Crippen molar-refractivity contribution >= 4 is 42.3 Å². The summed E-state index contributed by atoms with van der Waals surface area (Å²) >= 11 is 3.90. The lowest BCUT2D eigenvalue weighted by Crippen LogP contribution is -2.49. The van der Waals surface area contributed by atoms with Crippen molar-refractivity contribution < 1.29 is 34.2 Å². The molecule has 0 aliphatic rings. The van der Waals surface area contributed by atoms with Crippen molar-refractivity contribution in [2.24, 2.45) is 0 Å². The van der Waals surface area contributed by atoms with Gasteiger partial charge in [0.05, 0.1) is 0 Å². The zero-order valence-electron chi connectivity index (χ0n) is 13.5. The Morgan fingerprint density at radius 2 is 1.72 bits per heavy atom. The molecule has 0 heterocycles. The molecule has 0 aromatic heterocycles. The maximum atomic E-state index is 11.8. The van der Waals surface area contributed by atoms with E-state index in [1.807, 2.05) is 0 Å². The highest BCUT2D eigenvalue weighted by atomic mass is 32.1. The van der Waals surface area contributed by atoms with Crippen LogP contribution in [0.2, 0.25) is 0 Å². The number of nitrogens with one attached hydrogen (secondary N) is 3. The van der Waals surface area contributed by atoms with E-state index >= 15 is 0 Å². The lowest BCUT2D eigenvalue weighted by atomic mass is 10.1. The Labute approximate surface area is 149 Å². The third kappa shape index (κ3) is 10.0. The first-order valence-electron chi connectivity index (χ1n) is 7.27. The van der Waals surface area contributed by atoms with Crippen LogP contribution in [0.15, 0.2) is 12.2 Å². The summed E-state index contributed by atoms with van der Waals surface area (Å²) in [6.07, 6.45) is 2.15. The quantitative estimate of drug-likeness (QED) is 0.190. The lowest BCUT2D eigenvalue weighted by molar-refractivity contribution is -0.141. The van der Waals surface area contributed by atoms with Crippen LogP contribution >= 0.6 is 12.6 Å². The summed E-state index contributed by atoms with van der Waals surface area (Å²) in [6, 6.07) is -2.32. The molecule has 10 nitrogen and oxygen atoms in total. The molecule has 140 valence electrons. The molecule has 0 saturated heterocycles. The van der Waals surface area contributed by atoms with Crippen LogP contribution in [0.3, 0.4) is 0 Å². The largest absolute Gasteiger partial charge is 0.480 e. The third-order valence-corrected chi connectivity index (χ3v) is 3.21. The number of carbonyl (C=O) groups is 5. The van der Waals surface area contributed by atoms with E-state index in [9.17, 15) is 24.0 Å². The van der Waals surface area contributed by atoms with Crippen molar-refractivity contribution in [3.8, 4) is 0 Å². The SMILES string of the molecule is C/C=C/C(=O)N[C@@H](CCC(=O)N[C@@H](CS)C(=O)NCC(=O)O)C(=O)O. The molecule has 0 aliphatic heterocycles. The van der Waals surface area contributed by atoms with E-state index in [1.54, 1.807) is 6.92 Å². The Morgan fingerprint density at radius 1 is 1.08 bits per heavy atom. The van der Waals surface area contributed by atoms with Crippen LogP contribution in [0.25, 0.3) is 0 Å². The van der Waals surface area contributed by atoms with Gasteiger partial charge in [0.1, 0.15) is 18.6 Å². The number of carbonyl (C=O) groups excluding carboxylic acids is 3. The van der Waals surface area contributed by atoms with Gasteiger partial charge in [0.25, 0.3) is 0 Å².